The van der Waals surface area contributed by atoms with E-state index in [0.717, 1.165) is 19.3 Å². The molecule has 1 atom stereocenters. The Bertz CT molecular complexity index is 417. The van der Waals surface area contributed by atoms with Crippen LogP contribution in [0.4, 0.5) is 0 Å². The summed E-state index contributed by atoms with van der Waals surface area (Å²) in [5, 5.41) is 0. The highest BCUT2D eigenvalue weighted by Crippen LogP contribution is 2.38. The fourth-order valence-electron chi connectivity index (χ4n) is 2.04. The van der Waals surface area contributed by atoms with Crippen molar-refractivity contribution in [2.75, 3.05) is 6.61 Å². The molecule has 0 radical (unpaired) electrons. The van der Waals surface area contributed by atoms with Crippen molar-refractivity contribution in [3.63, 3.8) is 0 Å². The maximum absolute atomic E-state index is 11.0. The summed E-state index contributed by atoms with van der Waals surface area (Å²) < 4.78 is 21.3. The molecule has 0 aliphatic carbocycles. The Morgan fingerprint density at radius 2 is 1.76 bits per heavy atom. The molecule has 5 nitrogen and oxygen atoms in total. The van der Waals surface area contributed by atoms with E-state index in [4.69, 9.17) is 19.0 Å². The number of ether oxygens (including phenoxy) is 1. The number of hydrogen-bond donors (Lipinski definition) is 2. The molecule has 2 N–H and O–H groups in total. The summed E-state index contributed by atoms with van der Waals surface area (Å²) in [5.41, 5.74) is 0. The van der Waals surface area contributed by atoms with Crippen molar-refractivity contribution in [3.05, 3.63) is 30.3 Å². The maximum Gasteiger partial charge on any atom is 0.469 e. The van der Waals surface area contributed by atoms with E-state index in [9.17, 15) is 4.57 Å². The van der Waals surface area contributed by atoms with Crippen LogP contribution in [-0.4, -0.2) is 22.5 Å². The first-order valence-electron chi connectivity index (χ1n) is 7.43. The minimum absolute atomic E-state index is 0.142. The van der Waals surface area contributed by atoms with Crippen molar-refractivity contribution in [1.82, 2.24) is 0 Å². The van der Waals surface area contributed by atoms with E-state index in [0.29, 0.717) is 12.2 Å². The summed E-state index contributed by atoms with van der Waals surface area (Å²) in [6.07, 6.45) is 5.40. The topological polar surface area (TPSA) is 76.0 Å². The summed E-state index contributed by atoms with van der Waals surface area (Å²) >= 11 is 0. The van der Waals surface area contributed by atoms with Gasteiger partial charge < -0.3 is 14.5 Å². The third kappa shape index (κ3) is 9.64. The molecule has 1 unspecified atom stereocenters. The second-order valence-electron chi connectivity index (χ2n) is 5.04. The minimum Gasteiger partial charge on any atom is -0.491 e. The molecule has 0 saturated heterocycles. The van der Waals surface area contributed by atoms with Gasteiger partial charge in [-0.1, -0.05) is 57.2 Å². The lowest BCUT2D eigenvalue weighted by Gasteiger charge is -2.18. The van der Waals surface area contributed by atoms with Gasteiger partial charge in [0, 0.05) is 0 Å². The molecular formula is C15H25O5P. The monoisotopic (exact) mass is 316 g/mol. The lowest BCUT2D eigenvalue weighted by Crippen LogP contribution is -2.20. The van der Waals surface area contributed by atoms with E-state index in [-0.39, 0.29) is 6.61 Å². The Morgan fingerprint density at radius 3 is 2.38 bits per heavy atom. The van der Waals surface area contributed by atoms with E-state index >= 15 is 0 Å². The molecule has 0 aromatic heterocycles. The second kappa shape index (κ2) is 9.96. The first-order chi connectivity index (χ1) is 10.0. The van der Waals surface area contributed by atoms with E-state index < -0.39 is 13.9 Å². The van der Waals surface area contributed by atoms with E-state index in [2.05, 4.69) is 6.92 Å². The van der Waals surface area contributed by atoms with Crippen LogP contribution < -0.4 is 4.74 Å². The van der Waals surface area contributed by atoms with Crippen LogP contribution in [0.15, 0.2) is 30.3 Å². The van der Waals surface area contributed by atoms with Crippen LogP contribution in [0.2, 0.25) is 0 Å². The van der Waals surface area contributed by atoms with Crippen LogP contribution in [0, 0.1) is 0 Å². The van der Waals surface area contributed by atoms with E-state index in [1.165, 1.54) is 12.8 Å². The predicted octanol–water partition coefficient (Wildman–Crippen LogP) is 3.90. The molecule has 6 heteroatoms. The molecule has 0 bridgehead atoms. The Balaban J connectivity index is 2.39. The van der Waals surface area contributed by atoms with Crippen molar-refractivity contribution >= 4 is 7.82 Å². The van der Waals surface area contributed by atoms with Gasteiger partial charge in [0.15, 0.2) is 0 Å². The molecule has 0 saturated carbocycles. The van der Waals surface area contributed by atoms with Crippen LogP contribution in [-0.2, 0) is 9.09 Å². The highest BCUT2D eigenvalue weighted by atomic mass is 31.2. The maximum atomic E-state index is 11.0. The highest BCUT2D eigenvalue weighted by molar-refractivity contribution is 7.46. The predicted molar refractivity (Wildman–Crippen MR) is 82.2 cm³/mol. The van der Waals surface area contributed by atoms with Crippen LogP contribution in [0.3, 0.4) is 0 Å². The summed E-state index contributed by atoms with van der Waals surface area (Å²) in [7, 11) is -4.48. The number of rotatable bonds is 11. The van der Waals surface area contributed by atoms with Gasteiger partial charge in [0.2, 0.25) is 0 Å². The zero-order valence-corrected chi connectivity index (χ0v) is 13.4. The fourth-order valence-corrected chi connectivity index (χ4v) is 2.60. The van der Waals surface area contributed by atoms with Crippen LogP contribution in [0.5, 0.6) is 5.75 Å². The second-order valence-corrected chi connectivity index (χ2v) is 6.24. The number of hydrogen-bond acceptors (Lipinski definition) is 3. The summed E-state index contributed by atoms with van der Waals surface area (Å²) in [4.78, 5) is 17.9. The molecule has 1 aromatic carbocycles. The van der Waals surface area contributed by atoms with E-state index in [1.807, 2.05) is 18.2 Å². The average molecular weight is 316 g/mol. The lowest BCUT2D eigenvalue weighted by molar-refractivity contribution is 0.0818. The lowest BCUT2D eigenvalue weighted by atomic mass is 10.1. The number of phosphoric acid groups is 1. The summed E-state index contributed by atoms with van der Waals surface area (Å²) in [6, 6.07) is 9.17. The molecule has 0 heterocycles. The molecule has 120 valence electrons. The largest absolute Gasteiger partial charge is 0.491 e. The molecule has 0 aliphatic rings. The quantitative estimate of drug-likeness (QED) is 0.478. The SMILES string of the molecule is CCCCCCCC(COc1ccccc1)OP(=O)(O)O. The number of benzene rings is 1. The Kier molecular flexibility index (Phi) is 8.62. The van der Waals surface area contributed by atoms with Gasteiger partial charge in [0.1, 0.15) is 18.5 Å². The summed E-state index contributed by atoms with van der Waals surface area (Å²) in [6.45, 7) is 2.29. The smallest absolute Gasteiger partial charge is 0.469 e. The molecule has 0 amide bonds. The van der Waals surface area contributed by atoms with Crippen molar-refractivity contribution in [2.24, 2.45) is 0 Å². The van der Waals surface area contributed by atoms with Crippen molar-refractivity contribution in [1.29, 1.82) is 0 Å². The Labute approximate surface area is 126 Å². The van der Waals surface area contributed by atoms with Crippen molar-refractivity contribution in [2.45, 2.75) is 51.6 Å². The van der Waals surface area contributed by atoms with Gasteiger partial charge >= 0.3 is 7.82 Å². The number of para-hydroxylation sites is 1. The number of unbranched alkanes of at least 4 members (excludes halogenated alkanes) is 4. The third-order valence-corrected chi connectivity index (χ3v) is 3.67. The molecule has 1 aromatic rings. The molecule has 0 spiro atoms. The van der Waals surface area contributed by atoms with Crippen molar-refractivity contribution < 1.29 is 23.6 Å². The van der Waals surface area contributed by atoms with Gasteiger partial charge in [0.25, 0.3) is 0 Å². The molecule has 21 heavy (non-hydrogen) atoms. The van der Waals surface area contributed by atoms with Gasteiger partial charge in [-0.25, -0.2) is 4.57 Å². The first-order valence-corrected chi connectivity index (χ1v) is 8.96. The van der Waals surface area contributed by atoms with Gasteiger partial charge in [-0.15, -0.1) is 0 Å². The van der Waals surface area contributed by atoms with Crippen LogP contribution in [0.1, 0.15) is 45.4 Å². The van der Waals surface area contributed by atoms with Crippen molar-refractivity contribution in [3.8, 4) is 5.75 Å². The standard InChI is InChI=1S/C15H25O5P/c1-2-3-4-5-7-12-15(20-21(16,17)18)13-19-14-10-8-6-9-11-14/h6,8-11,15H,2-5,7,12-13H2,1H3,(H2,16,17,18). The normalized spacial score (nSPS) is 13.1. The first kappa shape index (κ1) is 18.2. The zero-order chi connectivity index (χ0) is 15.6. The molecule has 1 rings (SSSR count). The summed E-state index contributed by atoms with van der Waals surface area (Å²) in [5.74, 6) is 0.669. The van der Waals surface area contributed by atoms with Crippen LogP contribution >= 0.6 is 7.82 Å². The highest BCUT2D eigenvalue weighted by Gasteiger charge is 2.22. The minimum atomic E-state index is -4.48. The van der Waals surface area contributed by atoms with Crippen LogP contribution in [0.25, 0.3) is 0 Å². The zero-order valence-electron chi connectivity index (χ0n) is 12.5. The average Bonchev–Trinajstić information content (AvgIpc) is 2.44. The van der Waals surface area contributed by atoms with E-state index in [1.54, 1.807) is 12.1 Å². The van der Waals surface area contributed by atoms with Gasteiger partial charge in [0.05, 0.1) is 0 Å². The number of phosphoric ester groups is 1. The van der Waals surface area contributed by atoms with Gasteiger partial charge in [-0.3, -0.25) is 4.52 Å². The third-order valence-electron chi connectivity index (χ3n) is 3.10. The molecule has 0 aliphatic heterocycles. The molecular weight excluding hydrogens is 291 g/mol. The Hall–Kier alpha value is -0.870. The fraction of sp³-hybridized carbons (Fsp3) is 0.600. The Morgan fingerprint density at radius 1 is 1.10 bits per heavy atom. The molecule has 0 fully saturated rings. The van der Waals surface area contributed by atoms with Gasteiger partial charge in [-0.2, -0.15) is 0 Å². The van der Waals surface area contributed by atoms with Gasteiger partial charge in [-0.05, 0) is 18.6 Å².